The molecule has 0 aliphatic heterocycles. The van der Waals surface area contributed by atoms with Crippen molar-refractivity contribution in [1.82, 2.24) is 15.0 Å². The number of benzene rings is 2. The van der Waals surface area contributed by atoms with Crippen LogP contribution in [0.5, 0.6) is 17.2 Å². The second kappa shape index (κ2) is 10.4. The number of rotatable bonds is 8. The molecule has 1 N–H and O–H groups in total. The van der Waals surface area contributed by atoms with Crippen LogP contribution in [0, 0.1) is 18.3 Å². The van der Waals surface area contributed by atoms with E-state index in [0.717, 1.165) is 0 Å². The summed E-state index contributed by atoms with van der Waals surface area (Å²) in [6.45, 7) is 1.89. The van der Waals surface area contributed by atoms with Crippen LogP contribution in [0.3, 0.4) is 0 Å². The summed E-state index contributed by atoms with van der Waals surface area (Å²) >= 11 is 1.28. The topological polar surface area (TPSA) is 123 Å². The molecule has 0 aliphatic rings. The first-order valence-corrected chi connectivity index (χ1v) is 11.7. The Morgan fingerprint density at radius 1 is 1.09 bits per heavy atom. The maximum absolute atomic E-state index is 12.4. The van der Waals surface area contributed by atoms with E-state index in [0.29, 0.717) is 50.9 Å². The third-order valence-corrected chi connectivity index (χ3v) is 5.82. The second-order valence-corrected chi connectivity index (χ2v) is 8.08. The molecule has 0 amide bonds. The van der Waals surface area contributed by atoms with E-state index in [1.165, 1.54) is 11.8 Å². The summed E-state index contributed by atoms with van der Waals surface area (Å²) in [7, 11) is 3.15. The van der Waals surface area contributed by atoms with Gasteiger partial charge in [-0.1, -0.05) is 23.9 Å². The maximum Gasteiger partial charge on any atom is 0.270 e. The molecule has 10 heteroatoms. The smallest absolute Gasteiger partial charge is 0.270 e. The molecule has 2 heterocycles. The Morgan fingerprint density at radius 3 is 2.60 bits per heavy atom. The summed E-state index contributed by atoms with van der Waals surface area (Å²) in [6, 6.07) is 14.4. The van der Waals surface area contributed by atoms with Gasteiger partial charge in [0.05, 0.1) is 19.8 Å². The molecule has 0 radical (unpaired) electrons. The van der Waals surface area contributed by atoms with Crippen LogP contribution in [-0.4, -0.2) is 35.4 Å². The number of nitrogens with one attached hydrogen (secondary N) is 1. The molecule has 9 nitrogen and oxygen atoms in total. The summed E-state index contributed by atoms with van der Waals surface area (Å²) in [4.78, 5) is 24.0. The average molecular weight is 491 g/mol. The number of H-pyrrole nitrogens is 1. The quantitative estimate of drug-likeness (QED) is 0.279. The maximum atomic E-state index is 12.4. The fraction of sp³-hybridized carbons (Fsp3) is 0.200. The minimum absolute atomic E-state index is 0.0797. The molecule has 0 aliphatic carbocycles. The zero-order valence-electron chi connectivity index (χ0n) is 19.5. The third-order valence-electron chi connectivity index (χ3n) is 5.24. The van der Waals surface area contributed by atoms with Crippen molar-refractivity contribution >= 4 is 11.8 Å². The first kappa shape index (κ1) is 23.9. The molecule has 4 aromatic rings. The zero-order chi connectivity index (χ0) is 24.9. The predicted molar refractivity (Wildman–Crippen MR) is 131 cm³/mol. The number of nitriles is 1. The molecular formula is C25H22N4O5S. The SMILES string of the molecule is COc1ccc(OC)c(-c2nc(COc3ccccc3-c3nc(SC)[nH]c(=O)c3C#N)c(C)o2)c1. The van der Waals surface area contributed by atoms with E-state index in [-0.39, 0.29) is 17.9 Å². The Kier molecular flexibility index (Phi) is 7.08. The third kappa shape index (κ3) is 4.85. The lowest BCUT2D eigenvalue weighted by atomic mass is 10.1. The molecule has 178 valence electrons. The van der Waals surface area contributed by atoms with Crippen LogP contribution in [0.25, 0.3) is 22.7 Å². The van der Waals surface area contributed by atoms with E-state index in [9.17, 15) is 10.1 Å². The lowest BCUT2D eigenvalue weighted by molar-refractivity contribution is 0.300. The van der Waals surface area contributed by atoms with Gasteiger partial charge in [0, 0.05) is 5.56 Å². The summed E-state index contributed by atoms with van der Waals surface area (Å²) in [5.74, 6) is 2.65. The number of thioether (sulfide) groups is 1. The normalized spacial score (nSPS) is 10.6. The Labute approximate surface area is 205 Å². The van der Waals surface area contributed by atoms with Crippen LogP contribution in [0.1, 0.15) is 17.0 Å². The van der Waals surface area contributed by atoms with Crippen LogP contribution in [0.2, 0.25) is 0 Å². The molecule has 2 aromatic carbocycles. The number of oxazole rings is 1. The van der Waals surface area contributed by atoms with Crippen LogP contribution in [0.4, 0.5) is 0 Å². The lowest BCUT2D eigenvalue weighted by Crippen LogP contribution is -2.15. The number of ether oxygens (including phenoxy) is 3. The van der Waals surface area contributed by atoms with Crippen molar-refractivity contribution < 1.29 is 18.6 Å². The highest BCUT2D eigenvalue weighted by Gasteiger charge is 2.19. The molecule has 0 spiro atoms. The number of hydrogen-bond donors (Lipinski definition) is 1. The fourth-order valence-corrected chi connectivity index (χ4v) is 3.82. The summed E-state index contributed by atoms with van der Waals surface area (Å²) < 4.78 is 22.7. The van der Waals surface area contributed by atoms with Gasteiger partial charge in [0.1, 0.15) is 52.6 Å². The predicted octanol–water partition coefficient (Wildman–Crippen LogP) is 4.59. The van der Waals surface area contributed by atoms with Gasteiger partial charge in [-0.2, -0.15) is 5.26 Å². The number of aromatic amines is 1. The van der Waals surface area contributed by atoms with Gasteiger partial charge in [-0.05, 0) is 43.5 Å². The van der Waals surface area contributed by atoms with Crippen molar-refractivity contribution in [2.45, 2.75) is 18.7 Å². The van der Waals surface area contributed by atoms with Gasteiger partial charge in [-0.25, -0.2) is 9.97 Å². The molecule has 0 unspecified atom stereocenters. The van der Waals surface area contributed by atoms with Crippen LogP contribution >= 0.6 is 11.8 Å². The lowest BCUT2D eigenvalue weighted by Gasteiger charge is -2.12. The molecule has 35 heavy (non-hydrogen) atoms. The Bertz CT molecular complexity index is 1470. The van der Waals surface area contributed by atoms with Gasteiger partial charge in [0.25, 0.3) is 5.56 Å². The van der Waals surface area contributed by atoms with Crippen molar-refractivity contribution in [3.8, 4) is 46.0 Å². The molecule has 0 bridgehead atoms. The zero-order valence-corrected chi connectivity index (χ0v) is 20.4. The van der Waals surface area contributed by atoms with Crippen LogP contribution in [0.15, 0.2) is 56.8 Å². The molecular weight excluding hydrogens is 468 g/mol. The van der Waals surface area contributed by atoms with Crippen molar-refractivity contribution in [2.24, 2.45) is 0 Å². The Hall–Kier alpha value is -4.23. The van der Waals surface area contributed by atoms with E-state index in [1.807, 2.05) is 6.07 Å². The van der Waals surface area contributed by atoms with Gasteiger partial charge < -0.3 is 23.6 Å². The summed E-state index contributed by atoms with van der Waals surface area (Å²) in [5, 5.41) is 9.96. The van der Waals surface area contributed by atoms with Crippen molar-refractivity contribution in [1.29, 1.82) is 5.26 Å². The number of nitrogens with zero attached hydrogens (tertiary/aromatic N) is 3. The Morgan fingerprint density at radius 2 is 1.89 bits per heavy atom. The minimum atomic E-state index is -0.499. The number of aromatic nitrogens is 3. The largest absolute Gasteiger partial charge is 0.497 e. The highest BCUT2D eigenvalue weighted by atomic mass is 32.2. The van der Waals surface area contributed by atoms with Gasteiger partial charge in [0.15, 0.2) is 5.16 Å². The molecule has 2 aromatic heterocycles. The van der Waals surface area contributed by atoms with Crippen molar-refractivity contribution in [3.63, 3.8) is 0 Å². The first-order valence-electron chi connectivity index (χ1n) is 10.5. The molecule has 0 saturated heterocycles. The molecule has 0 fully saturated rings. The highest BCUT2D eigenvalue weighted by Crippen LogP contribution is 2.35. The molecule has 0 saturated carbocycles. The fourth-order valence-electron chi connectivity index (χ4n) is 3.44. The van der Waals surface area contributed by atoms with E-state index in [1.54, 1.807) is 69.9 Å². The van der Waals surface area contributed by atoms with Crippen LogP contribution < -0.4 is 19.8 Å². The van der Waals surface area contributed by atoms with E-state index < -0.39 is 5.56 Å². The van der Waals surface area contributed by atoms with Gasteiger partial charge in [-0.15, -0.1) is 0 Å². The van der Waals surface area contributed by atoms with Crippen LogP contribution in [-0.2, 0) is 6.61 Å². The number of methoxy groups -OCH3 is 2. The first-order chi connectivity index (χ1) is 17.0. The minimum Gasteiger partial charge on any atom is -0.497 e. The van der Waals surface area contributed by atoms with Gasteiger partial charge in [-0.3, -0.25) is 4.79 Å². The molecule has 0 atom stereocenters. The van der Waals surface area contributed by atoms with Gasteiger partial charge in [0.2, 0.25) is 5.89 Å². The highest BCUT2D eigenvalue weighted by molar-refractivity contribution is 7.98. The number of para-hydroxylation sites is 1. The van der Waals surface area contributed by atoms with E-state index >= 15 is 0 Å². The van der Waals surface area contributed by atoms with Crippen molar-refractivity contribution in [3.05, 3.63) is 69.8 Å². The van der Waals surface area contributed by atoms with E-state index in [4.69, 9.17) is 18.6 Å². The Balaban J connectivity index is 1.67. The van der Waals surface area contributed by atoms with E-state index in [2.05, 4.69) is 15.0 Å². The summed E-state index contributed by atoms with van der Waals surface area (Å²) in [5.41, 5.74) is 1.45. The second-order valence-electron chi connectivity index (χ2n) is 7.28. The summed E-state index contributed by atoms with van der Waals surface area (Å²) in [6.07, 6.45) is 1.79. The molecule has 4 rings (SSSR count). The monoisotopic (exact) mass is 490 g/mol. The van der Waals surface area contributed by atoms with Gasteiger partial charge >= 0.3 is 0 Å². The average Bonchev–Trinajstić information content (AvgIpc) is 3.26. The van der Waals surface area contributed by atoms with Crippen molar-refractivity contribution in [2.75, 3.05) is 20.5 Å². The number of hydrogen-bond acceptors (Lipinski definition) is 9. The number of aryl methyl sites for hydroxylation is 1. The standard InChI is InChI=1S/C25H22N4O5S/c1-14-19(27-24(34-14)17-11-15(31-2)9-10-20(17)32-3)13-33-21-8-6-5-7-16(21)22-18(12-26)23(30)29-25(28-22)35-4/h5-11H,13H2,1-4H3,(H,28,29,30).